The molecule has 0 aliphatic heterocycles. The third-order valence-corrected chi connectivity index (χ3v) is 3.72. The van der Waals surface area contributed by atoms with E-state index in [1.165, 1.54) is 0 Å². The number of carbonyl (C=O) groups is 1. The van der Waals surface area contributed by atoms with Crippen LogP contribution in [0.1, 0.15) is 37.3 Å². The number of benzene rings is 1. The Morgan fingerprint density at radius 3 is 2.67 bits per heavy atom. The topological polar surface area (TPSA) is 95.1 Å². The van der Waals surface area contributed by atoms with Gasteiger partial charge in [0.1, 0.15) is 0 Å². The number of aliphatic hydroxyl groups is 1. The number of amides is 1. The molecule has 1 aromatic heterocycles. The minimum absolute atomic E-state index is 0.0479. The molecular formula is C15H19N3O3. The number of carbonyl (C=O) groups excluding carboxylic acids is 1. The molecule has 0 fully saturated rings. The van der Waals surface area contributed by atoms with E-state index in [-0.39, 0.29) is 17.9 Å². The molecule has 112 valence electrons. The van der Waals surface area contributed by atoms with Crippen molar-refractivity contribution in [3.05, 3.63) is 40.4 Å². The first kappa shape index (κ1) is 15.2. The highest BCUT2D eigenvalue weighted by Crippen LogP contribution is 2.13. The molecule has 0 bridgehead atoms. The van der Waals surface area contributed by atoms with Crippen LogP contribution in [0.3, 0.4) is 0 Å². The van der Waals surface area contributed by atoms with Crippen LogP contribution in [0.2, 0.25) is 0 Å². The average molecular weight is 289 g/mol. The van der Waals surface area contributed by atoms with Crippen molar-refractivity contribution in [2.24, 2.45) is 0 Å². The van der Waals surface area contributed by atoms with Crippen LogP contribution >= 0.6 is 0 Å². The molecule has 0 atom stereocenters. The molecule has 3 N–H and O–H groups in total. The van der Waals surface area contributed by atoms with Gasteiger partial charge in [-0.1, -0.05) is 26.0 Å². The molecule has 0 saturated carbocycles. The first-order chi connectivity index (χ1) is 9.99. The minimum atomic E-state index is -0.938. The molecule has 0 radical (unpaired) electrons. The van der Waals surface area contributed by atoms with Gasteiger partial charge in [-0.05, 0) is 25.0 Å². The molecule has 0 aliphatic rings. The number of H-pyrrole nitrogens is 1. The van der Waals surface area contributed by atoms with E-state index in [4.69, 9.17) is 0 Å². The Morgan fingerprint density at radius 1 is 1.33 bits per heavy atom. The maximum atomic E-state index is 12.1. The van der Waals surface area contributed by atoms with Gasteiger partial charge >= 0.3 is 0 Å². The summed E-state index contributed by atoms with van der Waals surface area (Å²) in [6.07, 6.45) is 1.07. The Balaban J connectivity index is 2.22. The van der Waals surface area contributed by atoms with E-state index in [1.807, 2.05) is 13.8 Å². The van der Waals surface area contributed by atoms with E-state index >= 15 is 0 Å². The summed E-state index contributed by atoms with van der Waals surface area (Å²) in [6.45, 7) is 3.83. The Morgan fingerprint density at radius 2 is 2.00 bits per heavy atom. The molecule has 0 saturated heterocycles. The molecule has 0 aliphatic carbocycles. The zero-order valence-electron chi connectivity index (χ0n) is 12.1. The van der Waals surface area contributed by atoms with Gasteiger partial charge in [-0.25, -0.2) is 4.98 Å². The standard InChI is InChI=1S/C15H19N3O3/c1-3-15(21,4-2)9-16-14(20)12-17-11-8-6-5-7-10(11)13(19)18-12/h5-8,21H,3-4,9H2,1-2H3,(H,16,20)(H,17,18,19). The van der Waals surface area contributed by atoms with Crippen molar-refractivity contribution in [1.82, 2.24) is 15.3 Å². The predicted molar refractivity (Wildman–Crippen MR) is 80.2 cm³/mol. The summed E-state index contributed by atoms with van der Waals surface area (Å²) in [5.74, 6) is -0.550. The molecular weight excluding hydrogens is 270 g/mol. The van der Waals surface area contributed by atoms with Crippen LogP contribution in [0.5, 0.6) is 0 Å². The number of hydrogen-bond donors (Lipinski definition) is 3. The van der Waals surface area contributed by atoms with E-state index in [9.17, 15) is 14.7 Å². The summed E-state index contributed by atoms with van der Waals surface area (Å²) in [5.41, 5.74) is -0.827. The Labute approximate surface area is 122 Å². The second-order valence-corrected chi connectivity index (χ2v) is 5.05. The minimum Gasteiger partial charge on any atom is -0.388 e. The quantitative estimate of drug-likeness (QED) is 0.771. The third-order valence-electron chi connectivity index (χ3n) is 3.72. The number of rotatable bonds is 5. The van der Waals surface area contributed by atoms with Gasteiger partial charge in [-0.15, -0.1) is 0 Å². The maximum Gasteiger partial charge on any atom is 0.287 e. The number of fused-ring (bicyclic) bond motifs is 1. The Hall–Kier alpha value is -2.21. The van der Waals surface area contributed by atoms with E-state index in [1.54, 1.807) is 24.3 Å². The molecule has 6 heteroatoms. The van der Waals surface area contributed by atoms with E-state index in [0.717, 1.165) is 0 Å². The average Bonchev–Trinajstić information content (AvgIpc) is 2.52. The summed E-state index contributed by atoms with van der Waals surface area (Å²) >= 11 is 0. The van der Waals surface area contributed by atoms with Gasteiger partial charge in [0.15, 0.2) is 5.82 Å². The maximum absolute atomic E-state index is 12.1. The predicted octanol–water partition coefficient (Wildman–Crippen LogP) is 1.20. The second-order valence-electron chi connectivity index (χ2n) is 5.05. The molecule has 21 heavy (non-hydrogen) atoms. The van der Waals surface area contributed by atoms with Gasteiger partial charge in [0.05, 0.1) is 16.5 Å². The molecule has 6 nitrogen and oxygen atoms in total. The lowest BCUT2D eigenvalue weighted by Gasteiger charge is -2.25. The molecule has 2 rings (SSSR count). The summed E-state index contributed by atoms with van der Waals surface area (Å²) in [5, 5.41) is 13.2. The lowest BCUT2D eigenvalue weighted by molar-refractivity contribution is 0.0312. The summed E-state index contributed by atoms with van der Waals surface area (Å²) in [4.78, 5) is 30.6. The van der Waals surface area contributed by atoms with Crippen molar-refractivity contribution >= 4 is 16.8 Å². The van der Waals surface area contributed by atoms with Crippen LogP contribution in [0.15, 0.2) is 29.1 Å². The van der Waals surface area contributed by atoms with Gasteiger partial charge in [0.25, 0.3) is 11.5 Å². The number of aromatic nitrogens is 2. The monoisotopic (exact) mass is 289 g/mol. The molecule has 1 heterocycles. The fourth-order valence-corrected chi connectivity index (χ4v) is 2.02. The van der Waals surface area contributed by atoms with Crippen LogP contribution in [-0.4, -0.2) is 33.1 Å². The van der Waals surface area contributed by atoms with Crippen LogP contribution in [0, 0.1) is 0 Å². The van der Waals surface area contributed by atoms with Crippen molar-refractivity contribution in [3.63, 3.8) is 0 Å². The molecule has 0 unspecified atom stereocenters. The van der Waals surface area contributed by atoms with Crippen LogP contribution in [0.4, 0.5) is 0 Å². The van der Waals surface area contributed by atoms with Gasteiger partial charge in [0, 0.05) is 6.54 Å². The fourth-order valence-electron chi connectivity index (χ4n) is 2.02. The lowest BCUT2D eigenvalue weighted by Crippen LogP contribution is -2.42. The molecule has 1 aromatic carbocycles. The number of para-hydroxylation sites is 1. The van der Waals surface area contributed by atoms with E-state index < -0.39 is 11.5 Å². The molecule has 1 amide bonds. The normalized spacial score (nSPS) is 11.6. The number of hydrogen-bond acceptors (Lipinski definition) is 4. The van der Waals surface area contributed by atoms with E-state index in [0.29, 0.717) is 23.7 Å². The summed E-state index contributed by atoms with van der Waals surface area (Å²) in [7, 11) is 0. The first-order valence-electron chi connectivity index (χ1n) is 6.98. The largest absolute Gasteiger partial charge is 0.388 e. The SMILES string of the molecule is CCC(O)(CC)CNC(=O)c1nc2ccccc2c(=O)[nH]1. The highest BCUT2D eigenvalue weighted by Gasteiger charge is 2.23. The van der Waals surface area contributed by atoms with Gasteiger partial charge in [-0.3, -0.25) is 9.59 Å². The van der Waals surface area contributed by atoms with Crippen LogP contribution < -0.4 is 10.9 Å². The van der Waals surface area contributed by atoms with Crippen LogP contribution in [-0.2, 0) is 0 Å². The highest BCUT2D eigenvalue weighted by molar-refractivity contribution is 5.92. The van der Waals surface area contributed by atoms with Crippen molar-refractivity contribution in [1.29, 1.82) is 0 Å². The zero-order valence-corrected chi connectivity index (χ0v) is 12.1. The zero-order chi connectivity index (χ0) is 15.5. The number of aromatic amines is 1. The van der Waals surface area contributed by atoms with Gasteiger partial charge in [0.2, 0.25) is 0 Å². The second kappa shape index (κ2) is 6.05. The van der Waals surface area contributed by atoms with Crippen LogP contribution in [0.25, 0.3) is 10.9 Å². The summed E-state index contributed by atoms with van der Waals surface area (Å²) < 4.78 is 0. The molecule has 0 spiro atoms. The number of nitrogens with one attached hydrogen (secondary N) is 2. The van der Waals surface area contributed by atoms with E-state index in [2.05, 4.69) is 15.3 Å². The highest BCUT2D eigenvalue weighted by atomic mass is 16.3. The fraction of sp³-hybridized carbons (Fsp3) is 0.400. The van der Waals surface area contributed by atoms with Crippen molar-refractivity contribution < 1.29 is 9.90 Å². The smallest absolute Gasteiger partial charge is 0.287 e. The number of nitrogens with zero attached hydrogens (tertiary/aromatic N) is 1. The Bertz CT molecular complexity index is 705. The van der Waals surface area contributed by atoms with Crippen molar-refractivity contribution in [2.75, 3.05) is 6.54 Å². The lowest BCUT2D eigenvalue weighted by atomic mass is 9.98. The summed E-state index contributed by atoms with van der Waals surface area (Å²) in [6, 6.07) is 6.82. The van der Waals surface area contributed by atoms with Crippen molar-refractivity contribution in [3.8, 4) is 0 Å². The molecule has 2 aromatic rings. The first-order valence-corrected chi connectivity index (χ1v) is 6.98. The van der Waals surface area contributed by atoms with Gasteiger partial charge in [-0.2, -0.15) is 0 Å². The third kappa shape index (κ3) is 3.28. The Kier molecular flexibility index (Phi) is 4.37. The van der Waals surface area contributed by atoms with Crippen molar-refractivity contribution in [2.45, 2.75) is 32.3 Å². The van der Waals surface area contributed by atoms with Gasteiger partial charge < -0.3 is 15.4 Å².